The lowest BCUT2D eigenvalue weighted by molar-refractivity contribution is -0.135. The third kappa shape index (κ3) is 3.50. The van der Waals surface area contributed by atoms with Crippen LogP contribution in [0.1, 0.15) is 54.4 Å². The van der Waals surface area contributed by atoms with E-state index < -0.39 is 0 Å². The minimum Gasteiger partial charge on any atom is -0.352 e. The summed E-state index contributed by atoms with van der Waals surface area (Å²) in [7, 11) is 0. The van der Waals surface area contributed by atoms with Gasteiger partial charge >= 0.3 is 0 Å². The fraction of sp³-hybridized carbons (Fsp3) is 0.619. The Labute approximate surface area is 155 Å². The molecule has 1 saturated heterocycles. The molecule has 1 aromatic rings. The highest BCUT2D eigenvalue weighted by molar-refractivity contribution is 5.94. The van der Waals surface area contributed by atoms with Gasteiger partial charge in [-0.05, 0) is 49.8 Å². The number of hydrogen-bond acceptors (Lipinski definition) is 3. The highest BCUT2D eigenvalue weighted by Crippen LogP contribution is 2.48. The molecule has 1 aliphatic heterocycles. The highest BCUT2D eigenvalue weighted by atomic mass is 16.2. The van der Waals surface area contributed by atoms with Gasteiger partial charge in [0.05, 0.1) is 0 Å². The second-order valence-electron chi connectivity index (χ2n) is 7.88. The summed E-state index contributed by atoms with van der Waals surface area (Å²) in [5.74, 6) is 0.763. The molecule has 2 saturated carbocycles. The molecule has 4 rings (SSSR count). The maximum absolute atomic E-state index is 12.8. The SMILES string of the molecule is CCN[11C](=O)c1ccc([C@H]2C[C@@H]2C(=O)N2CCN(C3CCC3)CC2)cc1. The number of carbonyl (C=O) groups is 2. The van der Waals surface area contributed by atoms with Crippen LogP contribution in [0.5, 0.6) is 0 Å². The lowest BCUT2D eigenvalue weighted by Gasteiger charge is -2.43. The van der Waals surface area contributed by atoms with E-state index in [9.17, 15) is 9.59 Å². The Morgan fingerprint density at radius 3 is 2.35 bits per heavy atom. The molecular weight excluding hydrogens is 325 g/mol. The van der Waals surface area contributed by atoms with Crippen LogP contribution in [0.4, 0.5) is 0 Å². The summed E-state index contributed by atoms with van der Waals surface area (Å²) in [5.41, 5.74) is 1.87. The van der Waals surface area contributed by atoms with Gasteiger partial charge in [0.1, 0.15) is 0 Å². The van der Waals surface area contributed by atoms with Crippen molar-refractivity contribution in [1.29, 1.82) is 0 Å². The van der Waals surface area contributed by atoms with Crippen molar-refractivity contribution < 1.29 is 9.59 Å². The number of carbonyl (C=O) groups excluding carboxylic acids is 2. The summed E-state index contributed by atoms with van der Waals surface area (Å²) in [5, 5.41) is 2.81. The number of nitrogens with zero attached hydrogens (tertiary/aromatic N) is 2. The normalized spacial score (nSPS) is 26.3. The van der Waals surface area contributed by atoms with E-state index in [4.69, 9.17) is 0 Å². The summed E-state index contributed by atoms with van der Waals surface area (Å²) in [4.78, 5) is 29.3. The van der Waals surface area contributed by atoms with Crippen molar-refractivity contribution in [2.24, 2.45) is 5.92 Å². The predicted molar refractivity (Wildman–Crippen MR) is 101 cm³/mol. The topological polar surface area (TPSA) is 52.7 Å². The summed E-state index contributed by atoms with van der Waals surface area (Å²) in [6.45, 7) is 6.39. The molecule has 2 amide bonds. The minimum absolute atomic E-state index is 0.0354. The molecule has 3 fully saturated rings. The Kier molecular flexibility index (Phi) is 4.98. The number of nitrogens with one attached hydrogen (secondary N) is 1. The van der Waals surface area contributed by atoms with Crippen LogP contribution in [0.2, 0.25) is 0 Å². The van der Waals surface area contributed by atoms with E-state index in [1.54, 1.807) is 0 Å². The first-order valence-corrected chi connectivity index (χ1v) is 10.1. The fourth-order valence-electron chi connectivity index (χ4n) is 4.27. The molecule has 0 bridgehead atoms. The van der Waals surface area contributed by atoms with Gasteiger partial charge in [-0.3, -0.25) is 14.5 Å². The molecule has 2 atom stereocenters. The van der Waals surface area contributed by atoms with E-state index in [0.717, 1.165) is 38.6 Å². The minimum atomic E-state index is -0.0354. The second kappa shape index (κ2) is 7.39. The third-order valence-electron chi connectivity index (χ3n) is 6.26. The lowest BCUT2D eigenvalue weighted by atomic mass is 9.88. The van der Waals surface area contributed by atoms with Gasteiger partial charge in [0.25, 0.3) is 5.91 Å². The first kappa shape index (κ1) is 17.5. The maximum atomic E-state index is 12.8. The third-order valence-corrected chi connectivity index (χ3v) is 6.26. The summed E-state index contributed by atoms with van der Waals surface area (Å²) < 4.78 is 0. The molecule has 26 heavy (non-hydrogen) atoms. The van der Waals surface area contributed by atoms with Crippen LogP contribution in [0, 0.1) is 5.92 Å². The van der Waals surface area contributed by atoms with E-state index in [1.165, 1.54) is 24.8 Å². The molecule has 0 unspecified atom stereocenters. The maximum Gasteiger partial charge on any atom is 0.251 e. The average molecular weight is 354 g/mol. The van der Waals surface area contributed by atoms with Crippen LogP contribution in [0.15, 0.2) is 24.3 Å². The summed E-state index contributed by atoms with van der Waals surface area (Å²) >= 11 is 0. The van der Waals surface area contributed by atoms with Crippen LogP contribution >= 0.6 is 0 Å². The quantitative estimate of drug-likeness (QED) is 0.882. The van der Waals surface area contributed by atoms with Gasteiger partial charge < -0.3 is 10.2 Å². The summed E-state index contributed by atoms with van der Waals surface area (Å²) in [6.07, 6.45) is 4.99. The van der Waals surface area contributed by atoms with E-state index in [0.29, 0.717) is 23.9 Å². The standard InChI is InChI=1S/C21H29N3O2/c1-2-22-20(25)16-8-6-15(7-9-16)18-14-19(18)21(26)24-12-10-23(11-13-24)17-4-3-5-17/h6-9,17-19H,2-5,10-14H2,1H3,(H,22,25)/t18-,19+/m1/s1/i20-1. The van der Waals surface area contributed by atoms with Gasteiger partial charge in [-0.25, -0.2) is 0 Å². The monoisotopic (exact) mass is 354 g/mol. The molecule has 140 valence electrons. The Morgan fingerprint density at radius 2 is 1.77 bits per heavy atom. The molecular formula is C21H29N3O2. The molecule has 0 aromatic heterocycles. The van der Waals surface area contributed by atoms with E-state index in [2.05, 4.69) is 15.1 Å². The fourth-order valence-corrected chi connectivity index (χ4v) is 4.27. The number of amides is 2. The van der Waals surface area contributed by atoms with Crippen molar-refractivity contribution >= 4 is 11.8 Å². The van der Waals surface area contributed by atoms with Gasteiger partial charge in [-0.2, -0.15) is 0 Å². The van der Waals surface area contributed by atoms with Crippen molar-refractivity contribution in [3.05, 3.63) is 35.4 Å². The summed E-state index contributed by atoms with van der Waals surface area (Å²) in [6, 6.07) is 8.55. The van der Waals surface area contributed by atoms with Crippen LogP contribution in [-0.2, 0) is 4.79 Å². The number of benzene rings is 1. The molecule has 5 heteroatoms. The number of piperazine rings is 1. The molecule has 5 nitrogen and oxygen atoms in total. The first-order valence-electron chi connectivity index (χ1n) is 10.1. The van der Waals surface area contributed by atoms with Crippen molar-refractivity contribution in [3.8, 4) is 0 Å². The van der Waals surface area contributed by atoms with Gasteiger partial charge in [0.2, 0.25) is 5.91 Å². The molecule has 0 spiro atoms. The molecule has 0 radical (unpaired) electrons. The van der Waals surface area contributed by atoms with Gasteiger partial charge in [-0.1, -0.05) is 18.6 Å². The predicted octanol–water partition coefficient (Wildman–Crippen LogP) is 2.24. The number of hydrogen-bond donors (Lipinski definition) is 1. The highest BCUT2D eigenvalue weighted by Gasteiger charge is 2.46. The van der Waals surface area contributed by atoms with Gasteiger partial charge in [0.15, 0.2) is 0 Å². The molecule has 1 aromatic carbocycles. The zero-order valence-corrected chi connectivity index (χ0v) is 15.6. The zero-order valence-electron chi connectivity index (χ0n) is 15.6. The first-order chi connectivity index (χ1) is 12.7. The van der Waals surface area contributed by atoms with Crippen molar-refractivity contribution in [1.82, 2.24) is 15.1 Å². The van der Waals surface area contributed by atoms with Crippen molar-refractivity contribution in [3.63, 3.8) is 0 Å². The second-order valence-corrected chi connectivity index (χ2v) is 7.88. The Balaban J connectivity index is 1.29. The van der Waals surface area contributed by atoms with E-state index in [1.807, 2.05) is 31.2 Å². The van der Waals surface area contributed by atoms with Crippen LogP contribution < -0.4 is 5.32 Å². The van der Waals surface area contributed by atoms with Gasteiger partial charge in [0, 0.05) is 50.2 Å². The average Bonchev–Trinajstić information content (AvgIpc) is 3.41. The van der Waals surface area contributed by atoms with Gasteiger partial charge in [-0.15, -0.1) is 0 Å². The van der Waals surface area contributed by atoms with Crippen LogP contribution in [-0.4, -0.2) is 60.4 Å². The van der Waals surface area contributed by atoms with Crippen LogP contribution in [0.3, 0.4) is 0 Å². The van der Waals surface area contributed by atoms with E-state index >= 15 is 0 Å². The van der Waals surface area contributed by atoms with Crippen molar-refractivity contribution in [2.45, 2.75) is 44.6 Å². The lowest BCUT2D eigenvalue weighted by Crippen LogP contribution is -2.53. The van der Waals surface area contributed by atoms with Crippen molar-refractivity contribution in [2.75, 3.05) is 32.7 Å². The smallest absolute Gasteiger partial charge is 0.251 e. The largest absolute Gasteiger partial charge is 0.352 e. The molecule has 1 heterocycles. The van der Waals surface area contributed by atoms with E-state index in [-0.39, 0.29) is 11.8 Å². The Bertz CT molecular complexity index is 660. The molecule has 3 aliphatic rings. The zero-order chi connectivity index (χ0) is 18.1. The molecule has 2 aliphatic carbocycles. The Hall–Kier alpha value is -1.88. The Morgan fingerprint density at radius 1 is 1.08 bits per heavy atom. The van der Waals surface area contributed by atoms with Crippen LogP contribution in [0.25, 0.3) is 0 Å². The molecule has 1 N–H and O–H groups in total. The number of rotatable bonds is 5.